The van der Waals surface area contributed by atoms with E-state index in [2.05, 4.69) is 20.3 Å². The van der Waals surface area contributed by atoms with E-state index >= 15 is 0 Å². The molecule has 1 unspecified atom stereocenters. The molecule has 13 heteroatoms. The van der Waals surface area contributed by atoms with E-state index in [1.807, 2.05) is 6.07 Å². The van der Waals surface area contributed by atoms with Crippen LogP contribution in [0.15, 0.2) is 75.3 Å². The van der Waals surface area contributed by atoms with Crippen molar-refractivity contribution in [3.8, 4) is 17.1 Å². The van der Waals surface area contributed by atoms with Crippen LogP contribution in [0.3, 0.4) is 0 Å². The zero-order valence-corrected chi connectivity index (χ0v) is 23.0. The second kappa shape index (κ2) is 10.2. The molecule has 0 aliphatic carbocycles. The number of halogens is 1. The lowest BCUT2D eigenvalue weighted by molar-refractivity contribution is 0.0934. The topological polar surface area (TPSA) is 150 Å². The molecule has 0 radical (unpaired) electrons. The van der Waals surface area contributed by atoms with Crippen molar-refractivity contribution in [3.63, 3.8) is 0 Å². The van der Waals surface area contributed by atoms with Crippen LogP contribution >= 0.6 is 22.9 Å². The molecule has 198 valence electrons. The first-order valence-corrected chi connectivity index (χ1v) is 14.7. The van der Waals surface area contributed by atoms with Gasteiger partial charge in [-0.25, -0.2) is 23.4 Å². The third kappa shape index (κ3) is 5.13. The van der Waals surface area contributed by atoms with Crippen LogP contribution in [0.5, 0.6) is 0 Å². The van der Waals surface area contributed by atoms with Crippen molar-refractivity contribution in [2.24, 2.45) is 0 Å². The summed E-state index contributed by atoms with van der Waals surface area (Å²) in [6.07, 6.45) is 2.37. The molecule has 0 bridgehead atoms. The lowest BCUT2D eigenvalue weighted by Crippen LogP contribution is -2.33. The van der Waals surface area contributed by atoms with Gasteiger partial charge in [0, 0.05) is 23.0 Å². The molecule has 2 aromatic carbocycles. The Morgan fingerprint density at radius 1 is 1.10 bits per heavy atom. The largest absolute Gasteiger partial charge is 0.382 e. The Morgan fingerprint density at radius 2 is 1.85 bits per heavy atom. The quantitative estimate of drug-likeness (QED) is 0.305. The van der Waals surface area contributed by atoms with Crippen LogP contribution in [0.4, 0.5) is 5.82 Å². The average Bonchev–Trinajstić information content (AvgIpc) is 3.40. The van der Waals surface area contributed by atoms with Gasteiger partial charge in [0.2, 0.25) is 14.2 Å². The molecule has 10 nitrogen and oxygen atoms in total. The van der Waals surface area contributed by atoms with Crippen molar-refractivity contribution in [2.45, 2.75) is 17.3 Å². The molecule has 1 atom stereocenters. The third-order valence-electron chi connectivity index (χ3n) is 5.91. The normalized spacial score (nSPS) is 12.4. The maximum absolute atomic E-state index is 13.6. The lowest BCUT2D eigenvalue weighted by atomic mass is 10.1. The summed E-state index contributed by atoms with van der Waals surface area (Å²) in [5.41, 5.74) is 7.04. The summed E-state index contributed by atoms with van der Waals surface area (Å²) in [6, 6.07) is 15.3. The fourth-order valence-corrected chi connectivity index (χ4v) is 5.98. The van der Waals surface area contributed by atoms with Crippen molar-refractivity contribution in [1.29, 1.82) is 0 Å². The van der Waals surface area contributed by atoms with Crippen molar-refractivity contribution >= 4 is 55.3 Å². The second-order valence-corrected chi connectivity index (χ2v) is 12.2. The number of fused-ring (bicyclic) bond motifs is 1. The van der Waals surface area contributed by atoms with Crippen LogP contribution in [0, 0.1) is 0 Å². The van der Waals surface area contributed by atoms with Gasteiger partial charge in [0.25, 0.3) is 11.5 Å². The first kappa shape index (κ1) is 26.5. The molecule has 3 heterocycles. The number of benzene rings is 2. The fraction of sp³-hybridized carbons (Fsp3) is 0.115. The molecule has 0 spiro atoms. The van der Waals surface area contributed by atoms with E-state index in [-0.39, 0.29) is 32.8 Å². The van der Waals surface area contributed by atoms with Gasteiger partial charge in [0.05, 0.1) is 22.6 Å². The summed E-state index contributed by atoms with van der Waals surface area (Å²) in [5, 5.41) is 5.68. The third-order valence-corrected chi connectivity index (χ3v) is 8.78. The Hall–Kier alpha value is -4.13. The van der Waals surface area contributed by atoms with Gasteiger partial charge >= 0.3 is 0 Å². The highest BCUT2D eigenvalue weighted by atomic mass is 35.5. The second-order valence-electron chi connectivity index (χ2n) is 8.70. The smallest absolute Gasteiger partial charge is 0.274 e. The van der Waals surface area contributed by atoms with E-state index < -0.39 is 21.8 Å². The summed E-state index contributed by atoms with van der Waals surface area (Å²) < 4.78 is 25.1. The summed E-state index contributed by atoms with van der Waals surface area (Å²) >= 11 is 7.32. The van der Waals surface area contributed by atoms with E-state index in [1.54, 1.807) is 55.5 Å². The molecule has 39 heavy (non-hydrogen) atoms. The Balaban J connectivity index is 1.54. The van der Waals surface area contributed by atoms with Gasteiger partial charge in [-0.15, -0.1) is 11.3 Å². The Labute approximate surface area is 232 Å². The van der Waals surface area contributed by atoms with E-state index in [1.165, 1.54) is 16.1 Å². The van der Waals surface area contributed by atoms with Gasteiger partial charge in [-0.3, -0.25) is 14.2 Å². The predicted molar refractivity (Wildman–Crippen MR) is 151 cm³/mol. The van der Waals surface area contributed by atoms with Crippen molar-refractivity contribution in [1.82, 2.24) is 24.8 Å². The zero-order valence-electron chi connectivity index (χ0n) is 20.6. The monoisotopic (exact) mass is 580 g/mol. The molecule has 3 aromatic heterocycles. The highest BCUT2D eigenvalue weighted by Gasteiger charge is 2.23. The minimum absolute atomic E-state index is 0.0777. The maximum Gasteiger partial charge on any atom is 0.274 e. The number of anilines is 1. The number of rotatable bonds is 6. The standard InChI is InChI=1S/C26H21ClN6O4S2/c1-14(20-11-15-7-6-10-17(27)21(15)25(35)33(20)16-8-4-3-5-9-16)30-24(34)22-23(28)29-12-18(31-22)19-13-38-26(32-19)39(2,36)37/h3-14H,1-2H3,(H2,28,29)(H,30,34). The van der Waals surface area contributed by atoms with Crippen molar-refractivity contribution in [3.05, 3.63) is 92.9 Å². The first-order valence-electron chi connectivity index (χ1n) is 11.5. The number of thiazole rings is 1. The van der Waals surface area contributed by atoms with E-state index in [4.69, 9.17) is 17.3 Å². The summed E-state index contributed by atoms with van der Waals surface area (Å²) in [6.45, 7) is 1.73. The lowest BCUT2D eigenvalue weighted by Gasteiger charge is -2.21. The van der Waals surface area contributed by atoms with Crippen molar-refractivity contribution < 1.29 is 13.2 Å². The van der Waals surface area contributed by atoms with Crippen LogP contribution < -0.4 is 16.6 Å². The van der Waals surface area contributed by atoms with Gasteiger partial charge in [0.1, 0.15) is 11.4 Å². The number of sulfone groups is 1. The van der Waals surface area contributed by atoms with Crippen molar-refractivity contribution in [2.75, 3.05) is 12.0 Å². The molecule has 1 amide bonds. The molecule has 0 saturated heterocycles. The molecular formula is C26H21ClN6O4S2. The number of amides is 1. The maximum atomic E-state index is 13.6. The summed E-state index contributed by atoms with van der Waals surface area (Å²) in [7, 11) is -3.50. The molecule has 0 aliphatic heterocycles. The van der Waals surface area contributed by atoms with Crippen LogP contribution in [-0.4, -0.2) is 40.1 Å². The molecule has 0 fully saturated rings. The zero-order chi connectivity index (χ0) is 27.9. The predicted octanol–water partition coefficient (Wildman–Crippen LogP) is 4.03. The highest BCUT2D eigenvalue weighted by molar-refractivity contribution is 7.92. The number of nitrogen functional groups attached to an aromatic ring is 1. The number of nitrogens with zero attached hydrogens (tertiary/aromatic N) is 4. The highest BCUT2D eigenvalue weighted by Crippen LogP contribution is 2.27. The number of pyridine rings is 1. The Bertz CT molecular complexity index is 1910. The Morgan fingerprint density at radius 3 is 2.54 bits per heavy atom. The fourth-order valence-electron chi connectivity index (χ4n) is 4.07. The van der Waals surface area contributed by atoms with Gasteiger partial charge in [-0.2, -0.15) is 0 Å². The molecule has 5 rings (SSSR count). The Kier molecular flexibility index (Phi) is 6.93. The summed E-state index contributed by atoms with van der Waals surface area (Å²) in [4.78, 5) is 39.4. The van der Waals surface area contributed by atoms with Gasteiger partial charge in [0.15, 0.2) is 11.5 Å². The first-order chi connectivity index (χ1) is 18.5. The van der Waals surface area contributed by atoms with Gasteiger partial charge in [-0.1, -0.05) is 41.9 Å². The molecule has 3 N–H and O–H groups in total. The molecular weight excluding hydrogens is 560 g/mol. The number of carbonyl (C=O) groups excluding carboxylic acids is 1. The van der Waals surface area contributed by atoms with E-state index in [9.17, 15) is 18.0 Å². The number of carbonyl (C=O) groups is 1. The number of nitrogens with two attached hydrogens (primary N) is 1. The average molecular weight is 581 g/mol. The molecule has 0 saturated carbocycles. The molecule has 0 aliphatic rings. The minimum atomic E-state index is -3.50. The van der Waals surface area contributed by atoms with E-state index in [0.717, 1.165) is 17.6 Å². The van der Waals surface area contributed by atoms with E-state index in [0.29, 0.717) is 27.2 Å². The number of aromatic nitrogens is 4. The van der Waals surface area contributed by atoms with Crippen LogP contribution in [0.25, 0.3) is 27.8 Å². The minimum Gasteiger partial charge on any atom is -0.382 e. The van der Waals surface area contributed by atoms with Gasteiger partial charge < -0.3 is 11.1 Å². The SMILES string of the molecule is CC(NC(=O)c1nc(-c2csc(S(C)(=O)=O)n2)cnc1N)c1cc2cccc(Cl)c2c(=O)n1-c1ccccc1. The van der Waals surface area contributed by atoms with Crippen LogP contribution in [-0.2, 0) is 9.84 Å². The molecule has 5 aromatic rings. The number of nitrogens with one attached hydrogen (secondary N) is 1. The number of para-hydroxylation sites is 1. The number of hydrogen-bond donors (Lipinski definition) is 2. The summed E-state index contributed by atoms with van der Waals surface area (Å²) in [5.74, 6) is -0.751. The van der Waals surface area contributed by atoms with Crippen LogP contribution in [0.1, 0.15) is 29.1 Å². The van der Waals surface area contributed by atoms with Crippen LogP contribution in [0.2, 0.25) is 5.02 Å². The number of hydrogen-bond acceptors (Lipinski definition) is 9. The van der Waals surface area contributed by atoms with Gasteiger partial charge in [-0.05, 0) is 36.6 Å².